The van der Waals surface area contributed by atoms with Crippen molar-refractivity contribution in [2.24, 2.45) is 0 Å². The Morgan fingerprint density at radius 3 is 1.31 bits per heavy atom. The summed E-state index contributed by atoms with van der Waals surface area (Å²) in [5, 5.41) is 33.8. The number of esters is 4. The van der Waals surface area contributed by atoms with Crippen LogP contribution in [-0.4, -0.2) is 187 Å². The van der Waals surface area contributed by atoms with Gasteiger partial charge in [0.1, 0.15) is 100 Å². The van der Waals surface area contributed by atoms with Gasteiger partial charge in [-0.1, -0.05) is 87.6 Å². The van der Waals surface area contributed by atoms with Gasteiger partial charge < -0.3 is 66.8 Å². The normalized spacial score (nSPS) is 9.85. The Morgan fingerprint density at radius 1 is 0.492 bits per heavy atom. The van der Waals surface area contributed by atoms with Crippen molar-refractivity contribution < 1.29 is 94.9 Å². The zero-order valence-electron chi connectivity index (χ0n) is 65.7. The number of aromatic carboxylic acids is 1. The fourth-order valence-electron chi connectivity index (χ4n) is 9.20. The number of para-hydroxylation sites is 5. The molecule has 0 aliphatic heterocycles. The summed E-state index contributed by atoms with van der Waals surface area (Å²) >= 11 is 0. The molecule has 5 aromatic carbocycles. The number of nitrogens with zero attached hydrogens (tertiary/aromatic N) is 16. The highest BCUT2D eigenvalue weighted by Gasteiger charge is 2.18. The van der Waals surface area contributed by atoms with Crippen molar-refractivity contribution in [1.82, 2.24) is 78.9 Å². The molecule has 0 aliphatic rings. The number of methoxy groups -OCH3 is 2. The number of aryl methyl sites for hydroxylation is 1. The van der Waals surface area contributed by atoms with E-state index in [1.165, 1.54) is 115 Å². The second-order valence-corrected chi connectivity index (χ2v) is 23.8. The van der Waals surface area contributed by atoms with Gasteiger partial charge in [-0.05, 0) is 87.5 Å². The van der Waals surface area contributed by atoms with Crippen molar-refractivity contribution in [1.29, 1.82) is 0 Å². The van der Waals surface area contributed by atoms with E-state index >= 15 is 0 Å². The average Bonchev–Trinajstić information content (AvgIpc) is 0.781. The molecule has 2 amide bonds. The summed E-state index contributed by atoms with van der Waals surface area (Å²) in [5.41, 5.74) is 20.0. The second-order valence-electron chi connectivity index (χ2n) is 22.9. The minimum atomic E-state index is -4.67. The summed E-state index contributed by atoms with van der Waals surface area (Å²) in [7, 11) is -1.75. The zero-order valence-corrected chi connectivity index (χ0v) is 66.5. The molecule has 13 aromatic rings. The topological polar surface area (TPSA) is 645 Å². The Hall–Kier alpha value is -16.8. The molecule has 0 spiro atoms. The molecule has 44 heteroatoms. The molecule has 648 valence electrons. The van der Waals surface area contributed by atoms with E-state index in [0.717, 1.165) is 11.9 Å². The number of aldehydes is 1. The third-order valence-corrected chi connectivity index (χ3v) is 14.4. The van der Waals surface area contributed by atoms with Crippen LogP contribution in [-0.2, 0) is 39.0 Å². The van der Waals surface area contributed by atoms with Gasteiger partial charge in [0.2, 0.25) is 5.91 Å². The van der Waals surface area contributed by atoms with Gasteiger partial charge in [0.05, 0.1) is 44.4 Å². The fraction of sp³-hybridized carbons (Fsp3) is 0.150. The van der Waals surface area contributed by atoms with Crippen molar-refractivity contribution in [2.45, 2.75) is 56.4 Å². The van der Waals surface area contributed by atoms with E-state index in [9.17, 15) is 58.2 Å². The maximum absolute atomic E-state index is 13.1. The fourth-order valence-corrected chi connectivity index (χ4v) is 9.20. The van der Waals surface area contributed by atoms with Crippen LogP contribution in [0.1, 0.15) is 118 Å². The van der Waals surface area contributed by atoms with E-state index < -0.39 is 40.2 Å². The molecule has 0 bridgehead atoms. The van der Waals surface area contributed by atoms with Crippen molar-refractivity contribution in [3.63, 3.8) is 0 Å². The van der Waals surface area contributed by atoms with Gasteiger partial charge in [-0.3, -0.25) is 51.8 Å². The average molecular weight is 1720 g/mol. The molecule has 0 atom stereocenters. The molecule has 0 unspecified atom stereocenters. The van der Waals surface area contributed by atoms with Gasteiger partial charge in [0.15, 0.2) is 46.4 Å². The Kier molecular flexibility index (Phi) is 42.6. The van der Waals surface area contributed by atoms with Crippen LogP contribution in [0.2, 0.25) is 0 Å². The molecular weight excluding hydrogens is 1640 g/mol. The number of hydrogen-bond acceptors (Lipinski definition) is 36. The number of aromatic hydroxyl groups is 2. The van der Waals surface area contributed by atoms with Gasteiger partial charge in [-0.15, -0.1) is 0 Å². The maximum Gasteiger partial charge on any atom is 0.394 e. The van der Waals surface area contributed by atoms with E-state index in [4.69, 9.17) is 58.8 Å². The first kappa shape index (κ1) is 101. The summed E-state index contributed by atoms with van der Waals surface area (Å²) in [6.07, 6.45) is 19.8. The smallest absolute Gasteiger partial charge is 0.394 e. The number of nitrogens with one attached hydrogen (secondary N) is 2. The number of aromatic nitrogens is 16. The summed E-state index contributed by atoms with van der Waals surface area (Å²) < 4.78 is 58.0. The molecule has 0 saturated carbocycles. The molecule has 13 N–H and O–H groups in total. The number of hydrogen-bond donors (Lipinski definition) is 10. The zero-order chi connectivity index (χ0) is 89.8. The SMILES string of the molecule is C.C.CC(=O)OC(C)=O.CCOC(=O)c1cncnc1N.CCOC(=O)c1cncnc1NC(C)=O.COc1cccc(/C=C/c2nc3ncncc3c(=O)n2-c2ccccc2)c1O.COc1cccc(C=O)c1O.Cc1nc2ncncc2c(=O)n1-c1ccccc1.Nc1ncncc1C(=O)Nc1ccccc1.Nc1ncncc1C(=O)O.O=S(=O)(O)O. The number of carboxylic acid groups (broad SMARTS) is 1. The van der Waals surface area contributed by atoms with Gasteiger partial charge in [-0.25, -0.2) is 84.2 Å². The number of nitrogens with two attached hydrogens (primary N) is 3. The highest BCUT2D eigenvalue weighted by atomic mass is 32.3. The molecule has 8 heterocycles. The van der Waals surface area contributed by atoms with Crippen molar-refractivity contribution in [3.8, 4) is 34.4 Å². The standard InChI is InChI=1S/C21H16N4O3.C13H10N4O.C11H10N4O.C9H11N3O3.C8H8O3.C7H9N3O2.C5H5N3O2.C4H6O3.2CH4.H2O4S/c1-28-17-9-5-6-14(19(17)26)10-11-18-24-20-16(12-22-13-23-20)21(27)25(18)15-7-3-2-4-8-15;1-9-16-12-11(7-14-8-15-12)13(18)17(9)10-5-3-2-4-6-10;12-10-9(6-13-7-14-10)11(16)15-8-4-2-1-3-5-8;1-3-15-9(14)7-4-10-5-11-8(7)12-6(2)13;1-11-7-4-2-3-6(5-9)8(7)10;1-2-12-7(11)5-3-9-4-10-6(5)8;6-4-3(5(9)10)1-7-2-8-4;1-3(5)7-4(2)6;;;1-5(2,3)4/h2-13,26H,1H3;2-8H,1H3;1-7H,(H,15,16)(H2,12,13,14);4-5H,3H2,1-2H3,(H,10,11,12,13);2-5,10H,1H3;3-4H,2H2,1H3,(H2,8,9,10);1-2H,(H,9,10)(H2,6,7,8);1-2H3;2*1H4;(H2,1,2,3,4)/b11-10+;;;;;;;;;;. The molecule has 0 aliphatic carbocycles. The van der Waals surface area contributed by atoms with E-state index in [1.807, 2.05) is 78.9 Å². The minimum absolute atomic E-state index is 0. The number of ether oxygens (including phenoxy) is 5. The van der Waals surface area contributed by atoms with Crippen LogP contribution >= 0.6 is 0 Å². The summed E-state index contributed by atoms with van der Waals surface area (Å²) in [6, 6.07) is 37.6. The number of amides is 2. The van der Waals surface area contributed by atoms with Crippen LogP contribution in [0.3, 0.4) is 0 Å². The van der Waals surface area contributed by atoms with Gasteiger partial charge in [-0.2, -0.15) is 8.42 Å². The van der Waals surface area contributed by atoms with Crippen molar-refractivity contribution in [2.75, 3.05) is 55.3 Å². The van der Waals surface area contributed by atoms with Crippen molar-refractivity contribution >= 4 is 122 Å². The Morgan fingerprint density at radius 2 is 0.887 bits per heavy atom. The molecule has 0 saturated heterocycles. The molecule has 43 nitrogen and oxygen atoms in total. The minimum Gasteiger partial charge on any atom is -0.504 e. The van der Waals surface area contributed by atoms with Crippen LogP contribution in [0, 0.1) is 6.92 Å². The molecule has 124 heavy (non-hydrogen) atoms. The van der Waals surface area contributed by atoms with E-state index in [0.29, 0.717) is 75.0 Å². The molecule has 13 rings (SSSR count). The lowest BCUT2D eigenvalue weighted by Gasteiger charge is -2.11. The molecule has 0 radical (unpaired) electrons. The highest BCUT2D eigenvalue weighted by Crippen LogP contribution is 2.31. The Balaban J connectivity index is 0.000000373. The Bertz CT molecular complexity index is 6010. The number of phenolic OH excluding ortho intramolecular Hbond substituents is 2. The molecular formula is C80H85N21O22S. The monoisotopic (exact) mass is 1720 g/mol. The number of carbonyl (C=O) groups is 8. The number of phenols is 2. The lowest BCUT2D eigenvalue weighted by Crippen LogP contribution is -2.22. The van der Waals surface area contributed by atoms with Gasteiger partial charge >= 0.3 is 40.2 Å². The lowest BCUT2D eigenvalue weighted by atomic mass is 10.1. The largest absolute Gasteiger partial charge is 0.504 e. The van der Waals surface area contributed by atoms with E-state index in [1.54, 1.807) is 80.0 Å². The third kappa shape index (κ3) is 33.0. The highest BCUT2D eigenvalue weighted by molar-refractivity contribution is 7.79. The number of carbonyl (C=O) groups excluding carboxylic acids is 7. The predicted molar refractivity (Wildman–Crippen MR) is 453 cm³/mol. The number of rotatable bonds is 15. The Labute approximate surface area is 706 Å². The number of carboxylic acids is 1. The number of anilines is 5. The lowest BCUT2D eigenvalue weighted by molar-refractivity contribution is -0.156. The van der Waals surface area contributed by atoms with E-state index in [-0.39, 0.29) is 107 Å². The summed E-state index contributed by atoms with van der Waals surface area (Å²) in [5.74, 6) is -1.87. The van der Waals surface area contributed by atoms with E-state index in [2.05, 4.69) is 85.1 Å². The summed E-state index contributed by atoms with van der Waals surface area (Å²) in [6.45, 7) is 9.47. The number of nitrogen functional groups attached to an aromatic ring is 3. The van der Waals surface area contributed by atoms with Crippen LogP contribution < -0.4 is 48.4 Å². The summed E-state index contributed by atoms with van der Waals surface area (Å²) in [4.78, 5) is 165. The first-order valence-corrected chi connectivity index (χ1v) is 36.1. The third-order valence-electron chi connectivity index (χ3n) is 14.4. The number of fused-ring (bicyclic) bond motifs is 2. The quantitative estimate of drug-likeness (QED) is 0.0151. The van der Waals surface area contributed by atoms with Crippen LogP contribution in [0.15, 0.2) is 212 Å². The van der Waals surface area contributed by atoms with Gasteiger partial charge in [0, 0.05) is 69.2 Å². The number of benzene rings is 5. The van der Waals surface area contributed by atoms with Crippen LogP contribution in [0.4, 0.5) is 29.0 Å². The second kappa shape index (κ2) is 52.1. The first-order chi connectivity index (χ1) is 58.3. The maximum atomic E-state index is 13.1. The van der Waals surface area contributed by atoms with Crippen LogP contribution in [0.25, 0.3) is 45.6 Å². The van der Waals surface area contributed by atoms with Gasteiger partial charge in [0.25, 0.3) is 17.0 Å². The van der Waals surface area contributed by atoms with Crippen molar-refractivity contribution in [3.05, 3.63) is 268 Å². The molecule has 0 fully saturated rings. The predicted octanol–water partition coefficient (Wildman–Crippen LogP) is 8.39. The van der Waals surface area contributed by atoms with Crippen LogP contribution in [0.5, 0.6) is 23.0 Å². The molecule has 8 aromatic heterocycles. The first-order valence-electron chi connectivity index (χ1n) is 34.7.